The van der Waals surface area contributed by atoms with Gasteiger partial charge in [0.2, 0.25) is 17.7 Å². The number of amides is 3. The molecule has 0 saturated carbocycles. The molecule has 1 fully saturated rings. The standard InChI is InChI=1S/C19H32N4O7S/c1-10(2)15(19(29)30)22-17(27)13-5-4-7-23(13)18(28)12(6-8-31-3)21-16(26)11(20)9-14(24)25/h10-13,15H,4-9,20H2,1-3H3,(H,21,26)(H,22,27)(H,24,25)(H,29,30). The number of rotatable bonds is 12. The first kappa shape index (κ1) is 26.7. The molecule has 1 rings (SSSR count). The average molecular weight is 461 g/mol. The van der Waals surface area contributed by atoms with E-state index in [9.17, 15) is 29.1 Å². The van der Waals surface area contributed by atoms with E-state index in [4.69, 9.17) is 10.8 Å². The monoisotopic (exact) mass is 460 g/mol. The summed E-state index contributed by atoms with van der Waals surface area (Å²) < 4.78 is 0. The quantitative estimate of drug-likeness (QED) is 0.250. The Balaban J connectivity index is 2.93. The van der Waals surface area contributed by atoms with Crippen molar-refractivity contribution in [2.24, 2.45) is 11.7 Å². The van der Waals surface area contributed by atoms with Crippen LogP contribution in [0, 0.1) is 5.92 Å². The molecular weight excluding hydrogens is 428 g/mol. The molecular formula is C19H32N4O7S. The number of carboxylic acids is 2. The third-order valence-corrected chi connectivity index (χ3v) is 5.67. The van der Waals surface area contributed by atoms with Gasteiger partial charge in [0.1, 0.15) is 18.1 Å². The Morgan fingerprint density at radius 2 is 1.81 bits per heavy atom. The van der Waals surface area contributed by atoms with Gasteiger partial charge in [-0.05, 0) is 37.2 Å². The van der Waals surface area contributed by atoms with E-state index in [1.54, 1.807) is 13.8 Å². The van der Waals surface area contributed by atoms with Gasteiger partial charge in [-0.2, -0.15) is 11.8 Å². The summed E-state index contributed by atoms with van der Waals surface area (Å²) in [6, 6.07) is -4.18. The van der Waals surface area contributed by atoms with Gasteiger partial charge in [0, 0.05) is 6.54 Å². The molecule has 0 aromatic rings. The van der Waals surface area contributed by atoms with Gasteiger partial charge in [-0.15, -0.1) is 0 Å². The van der Waals surface area contributed by atoms with Crippen LogP contribution >= 0.6 is 11.8 Å². The zero-order valence-corrected chi connectivity index (χ0v) is 18.8. The molecule has 6 N–H and O–H groups in total. The molecule has 0 aromatic heterocycles. The maximum atomic E-state index is 13.1. The molecule has 12 heteroatoms. The van der Waals surface area contributed by atoms with Gasteiger partial charge in [-0.25, -0.2) is 4.79 Å². The zero-order chi connectivity index (χ0) is 23.7. The van der Waals surface area contributed by atoms with Crippen molar-refractivity contribution < 1.29 is 34.2 Å². The molecule has 4 unspecified atom stereocenters. The number of hydrogen-bond acceptors (Lipinski definition) is 7. The van der Waals surface area contributed by atoms with Crippen LogP contribution in [-0.2, 0) is 24.0 Å². The van der Waals surface area contributed by atoms with Crippen LogP contribution < -0.4 is 16.4 Å². The Morgan fingerprint density at radius 3 is 2.32 bits per heavy atom. The molecule has 4 atom stereocenters. The number of aliphatic carboxylic acids is 2. The van der Waals surface area contributed by atoms with Gasteiger partial charge in [-0.3, -0.25) is 19.2 Å². The van der Waals surface area contributed by atoms with Crippen LogP contribution in [0.15, 0.2) is 0 Å². The van der Waals surface area contributed by atoms with Crippen LogP contribution in [0.5, 0.6) is 0 Å². The summed E-state index contributed by atoms with van der Waals surface area (Å²) >= 11 is 1.47. The van der Waals surface area contributed by atoms with Crippen LogP contribution in [0.25, 0.3) is 0 Å². The van der Waals surface area contributed by atoms with Crippen LogP contribution in [0.4, 0.5) is 0 Å². The van der Waals surface area contributed by atoms with Gasteiger partial charge in [0.25, 0.3) is 0 Å². The molecule has 0 aromatic carbocycles. The molecule has 11 nitrogen and oxygen atoms in total. The van der Waals surface area contributed by atoms with Crippen LogP contribution in [0.2, 0.25) is 0 Å². The van der Waals surface area contributed by atoms with E-state index in [0.717, 1.165) is 0 Å². The van der Waals surface area contributed by atoms with E-state index in [-0.39, 0.29) is 12.3 Å². The Hall–Kier alpha value is -2.34. The van der Waals surface area contributed by atoms with E-state index < -0.39 is 60.2 Å². The maximum Gasteiger partial charge on any atom is 0.326 e. The number of nitrogens with one attached hydrogen (secondary N) is 2. The van der Waals surface area contributed by atoms with Crippen molar-refractivity contribution in [1.82, 2.24) is 15.5 Å². The summed E-state index contributed by atoms with van der Waals surface area (Å²) in [5.74, 6) is -3.96. The highest BCUT2D eigenvalue weighted by molar-refractivity contribution is 7.98. The minimum atomic E-state index is -1.30. The molecule has 3 amide bonds. The van der Waals surface area contributed by atoms with Crippen LogP contribution in [0.1, 0.15) is 39.5 Å². The Bertz CT molecular complexity index is 688. The molecule has 1 aliphatic rings. The molecule has 0 bridgehead atoms. The molecule has 1 aliphatic heterocycles. The van der Waals surface area contributed by atoms with Crippen molar-refractivity contribution >= 4 is 41.4 Å². The average Bonchev–Trinajstić information content (AvgIpc) is 3.17. The molecule has 0 aliphatic carbocycles. The van der Waals surface area contributed by atoms with E-state index in [0.29, 0.717) is 25.1 Å². The van der Waals surface area contributed by atoms with Gasteiger partial charge >= 0.3 is 11.9 Å². The predicted octanol–water partition coefficient (Wildman–Crippen LogP) is -0.757. The molecule has 1 saturated heterocycles. The number of nitrogens with zero attached hydrogens (tertiary/aromatic N) is 1. The van der Waals surface area contributed by atoms with E-state index >= 15 is 0 Å². The molecule has 1 heterocycles. The first-order chi connectivity index (χ1) is 14.5. The second kappa shape index (κ2) is 12.5. The first-order valence-corrected chi connectivity index (χ1v) is 11.5. The normalized spacial score (nSPS) is 18.9. The number of carbonyl (C=O) groups is 5. The van der Waals surface area contributed by atoms with Gasteiger partial charge in [0.15, 0.2) is 0 Å². The minimum absolute atomic E-state index is 0.278. The van der Waals surface area contributed by atoms with Crippen molar-refractivity contribution in [1.29, 1.82) is 0 Å². The Labute approximate surface area is 185 Å². The smallest absolute Gasteiger partial charge is 0.326 e. The maximum absolute atomic E-state index is 13.1. The Morgan fingerprint density at radius 1 is 1.16 bits per heavy atom. The predicted molar refractivity (Wildman–Crippen MR) is 114 cm³/mol. The highest BCUT2D eigenvalue weighted by Gasteiger charge is 2.39. The number of nitrogens with two attached hydrogens (primary N) is 1. The third kappa shape index (κ3) is 8.02. The molecule has 0 spiro atoms. The summed E-state index contributed by atoms with van der Waals surface area (Å²) in [5, 5.41) is 23.1. The van der Waals surface area contributed by atoms with Gasteiger partial charge in [-0.1, -0.05) is 13.8 Å². The summed E-state index contributed by atoms with van der Waals surface area (Å²) in [6.45, 7) is 3.64. The van der Waals surface area contributed by atoms with Crippen LogP contribution in [-0.4, -0.2) is 87.5 Å². The lowest BCUT2D eigenvalue weighted by atomic mass is 10.0. The second-order valence-corrected chi connectivity index (χ2v) is 8.79. The largest absolute Gasteiger partial charge is 0.481 e. The first-order valence-electron chi connectivity index (χ1n) is 10.1. The lowest BCUT2D eigenvalue weighted by Gasteiger charge is -2.30. The van der Waals surface area contributed by atoms with E-state index in [1.165, 1.54) is 16.7 Å². The van der Waals surface area contributed by atoms with Crippen molar-refractivity contribution in [2.45, 2.75) is 63.7 Å². The van der Waals surface area contributed by atoms with Gasteiger partial charge < -0.3 is 31.5 Å². The number of thioether (sulfide) groups is 1. The summed E-state index contributed by atoms with van der Waals surface area (Å²) in [7, 11) is 0. The second-order valence-electron chi connectivity index (χ2n) is 7.81. The van der Waals surface area contributed by atoms with Crippen LogP contribution in [0.3, 0.4) is 0 Å². The van der Waals surface area contributed by atoms with E-state index in [2.05, 4.69) is 10.6 Å². The van der Waals surface area contributed by atoms with Crippen molar-refractivity contribution in [3.8, 4) is 0 Å². The number of hydrogen-bond donors (Lipinski definition) is 5. The van der Waals surface area contributed by atoms with Gasteiger partial charge in [0.05, 0.1) is 12.5 Å². The fourth-order valence-corrected chi connectivity index (χ4v) is 3.79. The molecule has 0 radical (unpaired) electrons. The molecule has 176 valence electrons. The number of likely N-dealkylation sites (tertiary alicyclic amines) is 1. The SMILES string of the molecule is CSCCC(NC(=O)C(N)CC(=O)O)C(=O)N1CCCC1C(=O)NC(C(=O)O)C(C)C. The van der Waals surface area contributed by atoms with Crippen molar-refractivity contribution in [3.05, 3.63) is 0 Å². The molecule has 31 heavy (non-hydrogen) atoms. The fourth-order valence-electron chi connectivity index (χ4n) is 3.32. The highest BCUT2D eigenvalue weighted by Crippen LogP contribution is 2.20. The summed E-state index contributed by atoms with van der Waals surface area (Å²) in [4.78, 5) is 61.7. The zero-order valence-electron chi connectivity index (χ0n) is 18.0. The third-order valence-electron chi connectivity index (χ3n) is 5.03. The summed E-state index contributed by atoms with van der Waals surface area (Å²) in [6.07, 6.45) is 2.48. The lowest BCUT2D eigenvalue weighted by Crippen LogP contribution is -2.57. The fraction of sp³-hybridized carbons (Fsp3) is 0.737. The number of carbonyl (C=O) groups excluding carboxylic acids is 3. The Kier molecular flexibility index (Phi) is 10.8. The number of carboxylic acid groups (broad SMARTS) is 2. The highest BCUT2D eigenvalue weighted by atomic mass is 32.2. The topological polar surface area (TPSA) is 179 Å². The van der Waals surface area contributed by atoms with E-state index in [1.807, 2.05) is 6.26 Å². The minimum Gasteiger partial charge on any atom is -0.481 e. The van der Waals surface area contributed by atoms with Crippen molar-refractivity contribution in [3.63, 3.8) is 0 Å². The summed E-state index contributed by atoms with van der Waals surface area (Å²) in [5.41, 5.74) is 5.59. The lowest BCUT2D eigenvalue weighted by molar-refractivity contribution is -0.145. The van der Waals surface area contributed by atoms with Crippen molar-refractivity contribution in [2.75, 3.05) is 18.6 Å².